The number of Topliss-reactive ketones (excluding diaryl/α,β-unsaturated/α-hetero) is 1. The average Bonchev–Trinajstić information content (AvgIpc) is 2.76. The molecule has 0 radical (unpaired) electrons. The van der Waals surface area contributed by atoms with Crippen molar-refractivity contribution < 1.29 is 31.6 Å². The summed E-state index contributed by atoms with van der Waals surface area (Å²) in [5.74, 6) is -4.60. The fourth-order valence-corrected chi connectivity index (χ4v) is 1.12. The first kappa shape index (κ1) is 16.5. The van der Waals surface area contributed by atoms with Gasteiger partial charge in [-0.15, -0.1) is 0 Å². The minimum atomic E-state index is -4.22. The summed E-state index contributed by atoms with van der Waals surface area (Å²) < 4.78 is 57.9. The molecular formula is C11H14F4N2O3. The van der Waals surface area contributed by atoms with Crippen molar-refractivity contribution in [1.29, 1.82) is 0 Å². The molecule has 5 nitrogen and oxygen atoms in total. The zero-order chi connectivity index (χ0) is 15.3. The first-order valence-electron chi connectivity index (χ1n) is 5.80. The predicted octanol–water partition coefficient (Wildman–Crippen LogP) is 2.25. The van der Waals surface area contributed by atoms with Gasteiger partial charge in [0.05, 0.1) is 6.42 Å². The SMILES string of the molecule is CC(C)C(=O)Cc1nc(COCC(F)(F)C(F)F)no1. The summed E-state index contributed by atoms with van der Waals surface area (Å²) in [5.41, 5.74) is 0. The van der Waals surface area contributed by atoms with Gasteiger partial charge in [0, 0.05) is 5.92 Å². The molecule has 9 heteroatoms. The van der Waals surface area contributed by atoms with E-state index in [1.807, 2.05) is 0 Å². The second kappa shape index (κ2) is 6.78. The Morgan fingerprint density at radius 2 is 2.05 bits per heavy atom. The van der Waals surface area contributed by atoms with E-state index in [1.54, 1.807) is 13.8 Å². The fraction of sp³-hybridized carbons (Fsp3) is 0.727. The van der Waals surface area contributed by atoms with E-state index >= 15 is 0 Å². The summed E-state index contributed by atoms with van der Waals surface area (Å²) in [4.78, 5) is 15.1. The van der Waals surface area contributed by atoms with Gasteiger partial charge in [0.1, 0.15) is 19.0 Å². The topological polar surface area (TPSA) is 65.2 Å². The first-order valence-corrected chi connectivity index (χ1v) is 5.80. The van der Waals surface area contributed by atoms with Crippen molar-refractivity contribution in [2.75, 3.05) is 6.61 Å². The lowest BCUT2D eigenvalue weighted by Crippen LogP contribution is -2.32. The minimum absolute atomic E-state index is 0.0305. The fourth-order valence-electron chi connectivity index (χ4n) is 1.12. The summed E-state index contributed by atoms with van der Waals surface area (Å²) in [5, 5.41) is 3.40. The first-order chi connectivity index (χ1) is 9.22. The van der Waals surface area contributed by atoms with Gasteiger partial charge in [0.2, 0.25) is 5.89 Å². The molecule has 1 aromatic heterocycles. The van der Waals surface area contributed by atoms with Crippen molar-refractivity contribution in [2.45, 2.75) is 39.2 Å². The molecule has 0 unspecified atom stereocenters. The third-order valence-corrected chi connectivity index (χ3v) is 2.32. The van der Waals surface area contributed by atoms with E-state index in [0.29, 0.717) is 0 Å². The summed E-state index contributed by atoms with van der Waals surface area (Å²) in [6.45, 7) is 1.46. The van der Waals surface area contributed by atoms with Crippen LogP contribution in [0.25, 0.3) is 0 Å². The van der Waals surface area contributed by atoms with Gasteiger partial charge in [0.15, 0.2) is 5.82 Å². The molecule has 1 aromatic rings. The van der Waals surface area contributed by atoms with Crippen LogP contribution in [0.1, 0.15) is 25.6 Å². The van der Waals surface area contributed by atoms with Gasteiger partial charge in [-0.05, 0) is 0 Å². The lowest BCUT2D eigenvalue weighted by atomic mass is 10.1. The third-order valence-electron chi connectivity index (χ3n) is 2.32. The number of carbonyl (C=O) groups excluding carboxylic acids is 1. The van der Waals surface area contributed by atoms with Gasteiger partial charge in [0.25, 0.3) is 0 Å². The second-order valence-electron chi connectivity index (χ2n) is 4.46. The molecule has 0 saturated carbocycles. The molecule has 0 N–H and O–H groups in total. The maximum atomic E-state index is 12.5. The van der Waals surface area contributed by atoms with Crippen molar-refractivity contribution in [1.82, 2.24) is 10.1 Å². The molecule has 114 valence electrons. The number of hydrogen-bond donors (Lipinski definition) is 0. The number of aromatic nitrogens is 2. The summed E-state index contributed by atoms with van der Waals surface area (Å²) in [6, 6.07) is 0. The second-order valence-corrected chi connectivity index (χ2v) is 4.46. The number of hydrogen-bond acceptors (Lipinski definition) is 5. The van der Waals surface area contributed by atoms with Crippen LogP contribution >= 0.6 is 0 Å². The Labute approximate surface area is 112 Å². The van der Waals surface area contributed by atoms with Crippen LogP contribution in [0.2, 0.25) is 0 Å². The molecular weight excluding hydrogens is 284 g/mol. The smallest absolute Gasteiger partial charge is 0.330 e. The summed E-state index contributed by atoms with van der Waals surface area (Å²) in [7, 11) is 0. The molecule has 0 amide bonds. The molecule has 0 aliphatic heterocycles. The Balaban J connectivity index is 2.43. The third kappa shape index (κ3) is 4.87. The van der Waals surface area contributed by atoms with Gasteiger partial charge >= 0.3 is 12.3 Å². The summed E-state index contributed by atoms with van der Waals surface area (Å²) in [6.07, 6.45) is -3.87. The molecule has 1 heterocycles. The molecule has 0 aliphatic rings. The molecule has 0 aliphatic carbocycles. The highest BCUT2D eigenvalue weighted by atomic mass is 19.3. The zero-order valence-electron chi connectivity index (χ0n) is 10.9. The standard InChI is InChI=1S/C11H14F4N2O3/c1-6(2)7(18)3-9-16-8(17-20-9)4-19-5-11(14,15)10(12)13/h6,10H,3-5H2,1-2H3. The Morgan fingerprint density at radius 3 is 2.60 bits per heavy atom. The highest BCUT2D eigenvalue weighted by Gasteiger charge is 2.41. The molecule has 0 atom stereocenters. The normalized spacial score (nSPS) is 12.4. The van der Waals surface area contributed by atoms with Crippen LogP contribution in [0.5, 0.6) is 0 Å². The van der Waals surface area contributed by atoms with E-state index in [-0.39, 0.29) is 29.8 Å². The Bertz CT molecular complexity index is 449. The van der Waals surface area contributed by atoms with Crippen LogP contribution in [0.4, 0.5) is 17.6 Å². The van der Waals surface area contributed by atoms with Gasteiger partial charge < -0.3 is 9.26 Å². The summed E-state index contributed by atoms with van der Waals surface area (Å²) >= 11 is 0. The number of halogens is 4. The van der Waals surface area contributed by atoms with Crippen molar-refractivity contribution in [3.05, 3.63) is 11.7 Å². The number of nitrogens with zero attached hydrogens (tertiary/aromatic N) is 2. The lowest BCUT2D eigenvalue weighted by Gasteiger charge is -2.14. The maximum Gasteiger partial charge on any atom is 0.330 e. The van der Waals surface area contributed by atoms with Crippen LogP contribution in [0, 0.1) is 5.92 Å². The largest absolute Gasteiger partial charge is 0.367 e. The number of alkyl halides is 4. The van der Waals surface area contributed by atoms with Crippen molar-refractivity contribution >= 4 is 5.78 Å². The van der Waals surface area contributed by atoms with Crippen LogP contribution in [-0.2, 0) is 22.6 Å². The highest BCUT2D eigenvalue weighted by Crippen LogP contribution is 2.23. The predicted molar refractivity (Wildman–Crippen MR) is 58.5 cm³/mol. The van der Waals surface area contributed by atoms with Gasteiger partial charge in [-0.1, -0.05) is 19.0 Å². The van der Waals surface area contributed by atoms with E-state index in [4.69, 9.17) is 4.52 Å². The van der Waals surface area contributed by atoms with Crippen LogP contribution in [-0.4, -0.2) is 34.9 Å². The van der Waals surface area contributed by atoms with Crippen LogP contribution in [0.15, 0.2) is 4.52 Å². The number of ether oxygens (including phenoxy) is 1. The Hall–Kier alpha value is -1.51. The quantitative estimate of drug-likeness (QED) is 0.689. The van der Waals surface area contributed by atoms with E-state index in [2.05, 4.69) is 14.9 Å². The number of carbonyl (C=O) groups is 1. The molecule has 0 bridgehead atoms. The van der Waals surface area contributed by atoms with Crippen molar-refractivity contribution in [3.8, 4) is 0 Å². The van der Waals surface area contributed by atoms with Gasteiger partial charge in [-0.3, -0.25) is 4.79 Å². The Kier molecular flexibility index (Phi) is 5.61. The highest BCUT2D eigenvalue weighted by molar-refractivity contribution is 5.81. The lowest BCUT2D eigenvalue weighted by molar-refractivity contribution is -0.168. The monoisotopic (exact) mass is 298 g/mol. The van der Waals surface area contributed by atoms with E-state index in [0.717, 1.165) is 0 Å². The van der Waals surface area contributed by atoms with E-state index in [1.165, 1.54) is 0 Å². The Morgan fingerprint density at radius 1 is 1.40 bits per heavy atom. The molecule has 20 heavy (non-hydrogen) atoms. The van der Waals surface area contributed by atoms with Crippen molar-refractivity contribution in [3.63, 3.8) is 0 Å². The number of ketones is 1. The van der Waals surface area contributed by atoms with Gasteiger partial charge in [-0.2, -0.15) is 13.8 Å². The van der Waals surface area contributed by atoms with Crippen LogP contribution < -0.4 is 0 Å². The van der Waals surface area contributed by atoms with E-state index in [9.17, 15) is 22.4 Å². The van der Waals surface area contributed by atoms with Crippen LogP contribution in [0.3, 0.4) is 0 Å². The zero-order valence-corrected chi connectivity index (χ0v) is 10.9. The average molecular weight is 298 g/mol. The molecule has 0 aromatic carbocycles. The number of rotatable bonds is 8. The van der Waals surface area contributed by atoms with Crippen molar-refractivity contribution in [2.24, 2.45) is 5.92 Å². The minimum Gasteiger partial charge on any atom is -0.367 e. The molecule has 1 rings (SSSR count). The molecule has 0 spiro atoms. The van der Waals surface area contributed by atoms with E-state index < -0.39 is 25.6 Å². The molecule has 0 saturated heterocycles. The maximum absolute atomic E-state index is 12.5. The van der Waals surface area contributed by atoms with Gasteiger partial charge in [-0.25, -0.2) is 8.78 Å². The molecule has 0 fully saturated rings.